The van der Waals surface area contributed by atoms with Crippen LogP contribution in [0.5, 0.6) is 0 Å². The van der Waals surface area contributed by atoms with Crippen LogP contribution in [-0.2, 0) is 5.41 Å². The lowest BCUT2D eigenvalue weighted by atomic mass is 9.82. The molecule has 0 spiro atoms. The lowest BCUT2D eigenvalue weighted by Gasteiger charge is -2.31. The highest BCUT2D eigenvalue weighted by molar-refractivity contribution is 6.09. The molecule has 0 bridgehead atoms. The number of hydrogen-bond donors (Lipinski definition) is 0. The number of anilines is 3. The van der Waals surface area contributed by atoms with Gasteiger partial charge in [-0.1, -0.05) is 136 Å². The number of hydrogen-bond acceptors (Lipinski definition) is 2. The molecule has 0 unspecified atom stereocenters. The average Bonchev–Trinajstić information content (AvgIpc) is 3.67. The van der Waals surface area contributed by atoms with Crippen molar-refractivity contribution in [3.63, 3.8) is 0 Å². The van der Waals surface area contributed by atoms with Crippen LogP contribution in [0.2, 0.25) is 0 Å². The Morgan fingerprint density at radius 1 is 0.529 bits per heavy atom. The minimum absolute atomic E-state index is 0.0521. The van der Waals surface area contributed by atoms with Crippen LogP contribution < -0.4 is 4.90 Å². The topological polar surface area (TPSA) is 16.4 Å². The van der Waals surface area contributed by atoms with Gasteiger partial charge >= 0.3 is 0 Å². The van der Waals surface area contributed by atoms with Crippen molar-refractivity contribution < 1.29 is 4.42 Å². The summed E-state index contributed by atoms with van der Waals surface area (Å²) in [4.78, 5) is 2.51. The fourth-order valence-corrected chi connectivity index (χ4v) is 9.21. The van der Waals surface area contributed by atoms with Gasteiger partial charge in [-0.3, -0.25) is 0 Å². The Labute approximate surface area is 300 Å². The normalized spacial score (nSPS) is 15.3. The summed E-state index contributed by atoms with van der Waals surface area (Å²) in [6.07, 6.45) is 6.62. The van der Waals surface area contributed by atoms with Gasteiger partial charge in [-0.2, -0.15) is 0 Å². The third-order valence-electron chi connectivity index (χ3n) is 11.9. The number of para-hydroxylation sites is 1. The third-order valence-corrected chi connectivity index (χ3v) is 11.9. The Morgan fingerprint density at radius 3 is 2.10 bits per heavy atom. The number of benzene rings is 7. The minimum Gasteiger partial charge on any atom is -0.456 e. The van der Waals surface area contributed by atoms with Crippen molar-refractivity contribution in [1.82, 2.24) is 0 Å². The van der Waals surface area contributed by atoms with Gasteiger partial charge in [-0.05, 0) is 100.0 Å². The highest BCUT2D eigenvalue weighted by Crippen LogP contribution is 2.52. The van der Waals surface area contributed by atoms with Crippen LogP contribution in [0.1, 0.15) is 68.6 Å². The lowest BCUT2D eigenvalue weighted by Crippen LogP contribution is -2.16. The van der Waals surface area contributed by atoms with E-state index in [0.29, 0.717) is 5.92 Å². The molecular weight excluding hydrogens is 619 g/mol. The molecule has 8 aromatic rings. The van der Waals surface area contributed by atoms with Crippen LogP contribution in [-0.4, -0.2) is 0 Å². The van der Waals surface area contributed by atoms with Crippen molar-refractivity contribution in [2.45, 2.75) is 57.3 Å². The first-order valence-electron chi connectivity index (χ1n) is 18.6. The van der Waals surface area contributed by atoms with Crippen LogP contribution in [0.4, 0.5) is 17.1 Å². The molecule has 2 aliphatic rings. The van der Waals surface area contributed by atoms with Gasteiger partial charge in [0.25, 0.3) is 0 Å². The van der Waals surface area contributed by atoms with Crippen molar-refractivity contribution in [1.29, 1.82) is 0 Å². The van der Waals surface area contributed by atoms with Gasteiger partial charge in [0.1, 0.15) is 11.2 Å². The molecule has 2 aliphatic carbocycles. The Morgan fingerprint density at radius 2 is 1.24 bits per heavy atom. The molecule has 2 heteroatoms. The van der Waals surface area contributed by atoms with E-state index in [1.165, 1.54) is 87.6 Å². The fourth-order valence-electron chi connectivity index (χ4n) is 9.21. The van der Waals surface area contributed by atoms with Gasteiger partial charge in [-0.25, -0.2) is 0 Å². The zero-order chi connectivity index (χ0) is 34.1. The predicted molar refractivity (Wildman–Crippen MR) is 215 cm³/mol. The molecule has 248 valence electrons. The van der Waals surface area contributed by atoms with Gasteiger partial charge in [-0.15, -0.1) is 0 Å². The molecule has 0 atom stereocenters. The summed E-state index contributed by atoms with van der Waals surface area (Å²) in [5.74, 6) is 0.656. The van der Waals surface area contributed by atoms with Crippen LogP contribution >= 0.6 is 0 Å². The Hall–Kier alpha value is -5.60. The molecule has 1 aromatic heterocycles. The van der Waals surface area contributed by atoms with Crippen molar-refractivity contribution >= 4 is 49.8 Å². The highest BCUT2D eigenvalue weighted by atomic mass is 16.3. The monoisotopic (exact) mass is 659 g/mol. The minimum atomic E-state index is -0.0521. The molecule has 10 rings (SSSR count). The quantitative estimate of drug-likeness (QED) is 0.183. The van der Waals surface area contributed by atoms with Crippen LogP contribution in [0, 0.1) is 0 Å². The number of rotatable bonds is 5. The summed E-state index contributed by atoms with van der Waals surface area (Å²) < 4.78 is 6.43. The van der Waals surface area contributed by atoms with E-state index in [-0.39, 0.29) is 5.41 Å². The van der Waals surface area contributed by atoms with Crippen molar-refractivity contribution in [3.8, 4) is 22.3 Å². The smallest absolute Gasteiger partial charge is 0.136 e. The first kappa shape index (κ1) is 30.2. The number of fused-ring (bicyclic) bond motifs is 7. The zero-order valence-corrected chi connectivity index (χ0v) is 29.3. The molecule has 51 heavy (non-hydrogen) atoms. The summed E-state index contributed by atoms with van der Waals surface area (Å²) >= 11 is 0. The average molecular weight is 660 g/mol. The van der Waals surface area contributed by atoms with E-state index in [9.17, 15) is 0 Å². The number of nitrogens with zero attached hydrogens (tertiary/aromatic N) is 1. The van der Waals surface area contributed by atoms with Crippen molar-refractivity contribution in [2.75, 3.05) is 4.90 Å². The summed E-state index contributed by atoms with van der Waals surface area (Å²) in [6.45, 7) is 4.71. The predicted octanol–water partition coefficient (Wildman–Crippen LogP) is 14.2. The van der Waals surface area contributed by atoms with E-state index in [1.807, 2.05) is 6.07 Å². The van der Waals surface area contributed by atoms with Crippen molar-refractivity contribution in [3.05, 3.63) is 162 Å². The molecule has 7 aromatic carbocycles. The summed E-state index contributed by atoms with van der Waals surface area (Å²) in [7, 11) is 0. The second kappa shape index (κ2) is 11.7. The van der Waals surface area contributed by atoms with Gasteiger partial charge in [0.2, 0.25) is 0 Å². The lowest BCUT2D eigenvalue weighted by molar-refractivity contribution is 0.443. The maximum atomic E-state index is 6.43. The van der Waals surface area contributed by atoms with Gasteiger partial charge in [0.15, 0.2) is 0 Å². The van der Waals surface area contributed by atoms with Gasteiger partial charge in [0.05, 0.1) is 5.69 Å². The molecule has 0 aliphatic heterocycles. The third kappa shape index (κ3) is 4.84. The molecule has 2 nitrogen and oxygen atoms in total. The summed E-state index contributed by atoms with van der Waals surface area (Å²) in [5, 5.41) is 4.74. The van der Waals surface area contributed by atoms with E-state index in [1.54, 1.807) is 0 Å². The molecule has 1 saturated carbocycles. The van der Waals surface area contributed by atoms with E-state index < -0.39 is 0 Å². The fraction of sp³-hybridized carbons (Fsp3) is 0.184. The van der Waals surface area contributed by atoms with Crippen LogP contribution in [0.15, 0.2) is 150 Å². The standard InChI is InChI=1S/C49H41NO/c1-49(2)44-18-10-8-16-40(44)43-31-37(26-29-45(43)49)50(36-24-20-33(21-25-36)32-12-4-3-5-13-32)48-38-15-7-6-14-34(38)22-27-39(48)35-23-28-42-41-17-9-11-19-46(41)51-47(42)30-35/h6-11,14-32H,3-5,12-13H2,1-2H3. The van der Waals surface area contributed by atoms with E-state index in [2.05, 4.69) is 158 Å². The van der Waals surface area contributed by atoms with Gasteiger partial charge in [0, 0.05) is 38.5 Å². The Balaban J connectivity index is 1.22. The van der Waals surface area contributed by atoms with Gasteiger partial charge < -0.3 is 9.32 Å². The SMILES string of the molecule is CC1(C)c2ccccc2-c2cc(N(c3ccc(C4CCCCC4)cc3)c3c(-c4ccc5c(c4)oc4ccccc45)ccc4ccccc34)ccc21. The Bertz CT molecular complexity index is 2600. The largest absolute Gasteiger partial charge is 0.456 e. The molecule has 0 saturated heterocycles. The molecule has 0 radical (unpaired) electrons. The van der Waals surface area contributed by atoms with E-state index in [0.717, 1.165) is 33.2 Å². The first-order valence-corrected chi connectivity index (χ1v) is 18.6. The van der Waals surface area contributed by atoms with Crippen molar-refractivity contribution in [2.24, 2.45) is 0 Å². The first-order chi connectivity index (χ1) is 25.0. The molecule has 0 amide bonds. The summed E-state index contributed by atoms with van der Waals surface area (Å²) in [5.41, 5.74) is 14.5. The summed E-state index contributed by atoms with van der Waals surface area (Å²) in [6, 6.07) is 54.1. The molecule has 1 heterocycles. The second-order valence-corrected chi connectivity index (χ2v) is 15.2. The van der Waals surface area contributed by atoms with Crippen LogP contribution in [0.25, 0.3) is 55.0 Å². The second-order valence-electron chi connectivity index (χ2n) is 15.2. The Kier molecular flexibility index (Phi) is 6.96. The maximum absolute atomic E-state index is 6.43. The highest BCUT2D eigenvalue weighted by Gasteiger charge is 2.36. The van der Waals surface area contributed by atoms with Crippen LogP contribution in [0.3, 0.4) is 0 Å². The molecular formula is C49H41NO. The molecule has 0 N–H and O–H groups in total. The number of furan rings is 1. The zero-order valence-electron chi connectivity index (χ0n) is 29.3. The van der Waals surface area contributed by atoms with E-state index >= 15 is 0 Å². The molecule has 1 fully saturated rings. The maximum Gasteiger partial charge on any atom is 0.136 e. The van der Waals surface area contributed by atoms with E-state index in [4.69, 9.17) is 4.42 Å².